The van der Waals surface area contributed by atoms with E-state index in [9.17, 15) is 14.4 Å². The zero-order valence-electron chi connectivity index (χ0n) is 19.4. The second-order valence-corrected chi connectivity index (χ2v) is 8.96. The van der Waals surface area contributed by atoms with Gasteiger partial charge in [0, 0.05) is 5.02 Å². The number of rotatable bonds is 6. The highest BCUT2D eigenvalue weighted by Crippen LogP contribution is 2.26. The van der Waals surface area contributed by atoms with Gasteiger partial charge in [-0.15, -0.1) is 0 Å². The topological polar surface area (TPSA) is 154 Å². The summed E-state index contributed by atoms with van der Waals surface area (Å²) in [4.78, 5) is 38.1. The lowest BCUT2D eigenvalue weighted by Gasteiger charge is -2.23. The molecule has 2 N–H and O–H groups in total. The second kappa shape index (κ2) is 10.0. The highest BCUT2D eigenvalue weighted by Gasteiger charge is 2.29. The van der Waals surface area contributed by atoms with Gasteiger partial charge < -0.3 is 15.4 Å². The Morgan fingerprint density at radius 2 is 1.81 bits per heavy atom. The minimum absolute atomic E-state index is 0.0849. The van der Waals surface area contributed by atoms with E-state index in [-0.39, 0.29) is 17.3 Å². The highest BCUT2D eigenvalue weighted by atomic mass is 35.5. The van der Waals surface area contributed by atoms with Crippen molar-refractivity contribution in [2.75, 3.05) is 5.32 Å². The van der Waals surface area contributed by atoms with E-state index in [0.717, 1.165) is 4.57 Å². The fourth-order valence-electron chi connectivity index (χ4n) is 3.22. The van der Waals surface area contributed by atoms with Crippen LogP contribution < -0.4 is 16.4 Å². The van der Waals surface area contributed by atoms with Gasteiger partial charge in [0.25, 0.3) is 5.91 Å². The molecular formula is C23H21ClN6O6. The van der Waals surface area contributed by atoms with Crippen molar-refractivity contribution in [3.8, 4) is 17.2 Å². The largest absolute Gasteiger partial charge is 0.446 e. The maximum atomic E-state index is 13.3. The third-order valence-corrected chi connectivity index (χ3v) is 4.90. The summed E-state index contributed by atoms with van der Waals surface area (Å²) in [5, 5.41) is 16.7. The van der Waals surface area contributed by atoms with E-state index in [2.05, 4.69) is 26.1 Å². The highest BCUT2D eigenvalue weighted by molar-refractivity contribution is 6.30. The first-order valence-electron chi connectivity index (χ1n) is 10.7. The molecule has 4 aromatic rings. The normalized spacial score (nSPS) is 12.1. The summed E-state index contributed by atoms with van der Waals surface area (Å²) >= 11 is 6.05. The smallest absolute Gasteiger partial charge is 0.444 e. The summed E-state index contributed by atoms with van der Waals surface area (Å²) in [5.41, 5.74) is -0.0331. The quantitative estimate of drug-likeness (QED) is 0.393. The Labute approximate surface area is 209 Å². The van der Waals surface area contributed by atoms with E-state index in [1.807, 2.05) is 0 Å². The standard InChI is InChI=1S/C23H21ClN6O6/c1-23(2,3)34-21(32)25-16(13-8-5-4-6-9-13)20(31)26-18-17(27-36-28-18)19-29-35-22(33)30(19)15-11-7-10-14(24)12-15/h4-12,16H,1-3H3,(H,25,32)(H,26,28,31). The van der Waals surface area contributed by atoms with E-state index in [0.29, 0.717) is 16.3 Å². The Kier molecular flexibility index (Phi) is 6.88. The molecule has 0 radical (unpaired) electrons. The maximum Gasteiger partial charge on any atom is 0.446 e. The van der Waals surface area contributed by atoms with Gasteiger partial charge in [-0.1, -0.05) is 53.2 Å². The van der Waals surface area contributed by atoms with Crippen molar-refractivity contribution < 1.29 is 23.5 Å². The van der Waals surface area contributed by atoms with Crippen molar-refractivity contribution in [2.24, 2.45) is 0 Å². The number of anilines is 1. The Bertz CT molecular complexity index is 1440. The Morgan fingerprint density at radius 3 is 2.50 bits per heavy atom. The van der Waals surface area contributed by atoms with E-state index < -0.39 is 29.4 Å². The van der Waals surface area contributed by atoms with Crippen LogP contribution in [0.25, 0.3) is 17.2 Å². The molecule has 0 aliphatic carbocycles. The van der Waals surface area contributed by atoms with Crippen molar-refractivity contribution in [1.29, 1.82) is 0 Å². The average molecular weight is 513 g/mol. The number of hydrogen-bond acceptors (Lipinski definition) is 9. The second-order valence-electron chi connectivity index (χ2n) is 8.53. The van der Waals surface area contributed by atoms with Crippen LogP contribution >= 0.6 is 11.6 Å². The number of nitrogens with one attached hydrogen (secondary N) is 2. The van der Waals surface area contributed by atoms with E-state index >= 15 is 0 Å². The molecular weight excluding hydrogens is 492 g/mol. The summed E-state index contributed by atoms with van der Waals surface area (Å²) in [5.74, 6) is -1.74. The first kappa shape index (κ1) is 24.7. The Hall–Kier alpha value is -4.45. The molecule has 0 fully saturated rings. The molecule has 0 aliphatic rings. The van der Waals surface area contributed by atoms with Crippen LogP contribution in [0.4, 0.5) is 10.6 Å². The molecule has 13 heteroatoms. The first-order valence-corrected chi connectivity index (χ1v) is 11.0. The number of halogens is 1. The van der Waals surface area contributed by atoms with Crippen molar-refractivity contribution >= 4 is 29.4 Å². The molecule has 0 saturated carbocycles. The fraction of sp³-hybridized carbons (Fsp3) is 0.217. The Morgan fingerprint density at radius 1 is 1.06 bits per heavy atom. The molecule has 0 spiro atoms. The SMILES string of the molecule is CC(C)(C)OC(=O)NC(C(=O)Nc1nonc1-c1noc(=O)n1-c1cccc(Cl)c1)c1ccccc1. The number of ether oxygens (including phenoxy) is 1. The molecule has 1 unspecified atom stereocenters. The van der Waals surface area contributed by atoms with Gasteiger partial charge in [0.1, 0.15) is 11.6 Å². The van der Waals surface area contributed by atoms with Crippen molar-refractivity contribution in [3.05, 3.63) is 75.7 Å². The predicted octanol–water partition coefficient (Wildman–Crippen LogP) is 3.73. The first-order chi connectivity index (χ1) is 17.1. The van der Waals surface area contributed by atoms with Crippen molar-refractivity contribution in [2.45, 2.75) is 32.4 Å². The van der Waals surface area contributed by atoms with Crippen LogP contribution in [0.5, 0.6) is 0 Å². The van der Waals surface area contributed by atoms with Crippen LogP contribution in [0.2, 0.25) is 5.02 Å². The molecule has 36 heavy (non-hydrogen) atoms. The summed E-state index contributed by atoms with van der Waals surface area (Å²) in [6.45, 7) is 5.11. The lowest BCUT2D eigenvalue weighted by atomic mass is 10.1. The van der Waals surface area contributed by atoms with E-state index in [1.54, 1.807) is 69.3 Å². The van der Waals surface area contributed by atoms with E-state index in [4.69, 9.17) is 25.5 Å². The minimum atomic E-state index is -1.15. The molecule has 2 aromatic carbocycles. The molecule has 2 amide bonds. The van der Waals surface area contributed by atoms with Gasteiger partial charge >= 0.3 is 11.8 Å². The van der Waals surface area contributed by atoms with E-state index in [1.165, 1.54) is 6.07 Å². The fourth-order valence-corrected chi connectivity index (χ4v) is 3.40. The molecule has 0 bridgehead atoms. The summed E-state index contributed by atoms with van der Waals surface area (Å²) in [6, 6.07) is 13.8. The molecule has 2 aromatic heterocycles. The zero-order valence-corrected chi connectivity index (χ0v) is 20.1. The van der Waals surface area contributed by atoms with Crippen LogP contribution in [0.3, 0.4) is 0 Å². The third-order valence-electron chi connectivity index (χ3n) is 4.67. The van der Waals surface area contributed by atoms with Crippen LogP contribution in [0.15, 0.2) is 68.5 Å². The number of carbonyl (C=O) groups is 2. The van der Waals surface area contributed by atoms with Crippen LogP contribution in [0, 0.1) is 0 Å². The number of alkyl carbamates (subject to hydrolysis) is 1. The van der Waals surface area contributed by atoms with Crippen LogP contribution in [0.1, 0.15) is 32.4 Å². The van der Waals surface area contributed by atoms with Gasteiger partial charge in [-0.25, -0.2) is 18.8 Å². The maximum absolute atomic E-state index is 13.3. The molecule has 4 rings (SSSR count). The lowest BCUT2D eigenvalue weighted by Crippen LogP contribution is -2.40. The Balaban J connectivity index is 1.65. The van der Waals surface area contributed by atoms with Gasteiger partial charge in [0.2, 0.25) is 11.6 Å². The molecule has 1 atom stereocenters. The number of benzene rings is 2. The van der Waals surface area contributed by atoms with Crippen molar-refractivity contribution in [1.82, 2.24) is 25.4 Å². The third kappa shape index (κ3) is 5.61. The summed E-state index contributed by atoms with van der Waals surface area (Å²) < 4.78 is 16.0. The van der Waals surface area contributed by atoms with Gasteiger partial charge in [0.15, 0.2) is 5.69 Å². The molecule has 2 heterocycles. The molecule has 0 aliphatic heterocycles. The van der Waals surface area contributed by atoms with Crippen LogP contribution in [-0.4, -0.2) is 37.6 Å². The van der Waals surface area contributed by atoms with Gasteiger partial charge in [0.05, 0.1) is 5.69 Å². The number of carbonyl (C=O) groups excluding carboxylic acids is 2. The minimum Gasteiger partial charge on any atom is -0.444 e. The number of hydrogen-bond donors (Lipinski definition) is 2. The van der Waals surface area contributed by atoms with Gasteiger partial charge in [-0.2, -0.15) is 0 Å². The summed E-state index contributed by atoms with van der Waals surface area (Å²) in [7, 11) is 0. The van der Waals surface area contributed by atoms with Crippen molar-refractivity contribution in [3.63, 3.8) is 0 Å². The molecule has 0 saturated heterocycles. The van der Waals surface area contributed by atoms with Gasteiger partial charge in [-0.3, -0.25) is 9.32 Å². The lowest BCUT2D eigenvalue weighted by molar-refractivity contribution is -0.118. The zero-order chi connectivity index (χ0) is 25.9. The number of nitrogens with zero attached hydrogens (tertiary/aromatic N) is 4. The average Bonchev–Trinajstić information content (AvgIpc) is 3.42. The predicted molar refractivity (Wildman–Crippen MR) is 128 cm³/mol. The number of aromatic nitrogens is 4. The molecule has 12 nitrogen and oxygen atoms in total. The summed E-state index contributed by atoms with van der Waals surface area (Å²) in [6.07, 6.45) is -0.795. The number of amides is 2. The monoisotopic (exact) mass is 512 g/mol. The molecule has 186 valence electrons. The van der Waals surface area contributed by atoms with Crippen LogP contribution in [-0.2, 0) is 9.53 Å². The van der Waals surface area contributed by atoms with Gasteiger partial charge in [-0.05, 0) is 54.8 Å².